The number of rotatable bonds is 7. The van der Waals surface area contributed by atoms with Crippen LogP contribution in [0.2, 0.25) is 0 Å². The number of fused-ring (bicyclic) bond motifs is 2. The summed E-state index contributed by atoms with van der Waals surface area (Å²) in [6.07, 6.45) is 2.38. The second-order valence-electron chi connectivity index (χ2n) is 10.4. The van der Waals surface area contributed by atoms with E-state index in [-0.39, 0.29) is 23.3 Å². The largest absolute Gasteiger partial charge is 0.278 e. The first-order chi connectivity index (χ1) is 19.8. The molecule has 208 valence electrons. The van der Waals surface area contributed by atoms with Crippen molar-refractivity contribution in [2.75, 3.05) is 11.4 Å². The molecule has 7 nitrogen and oxygen atoms in total. The minimum atomic E-state index is -3.71. The molecule has 0 atom stereocenters. The Balaban J connectivity index is 1.31. The van der Waals surface area contributed by atoms with Gasteiger partial charge in [0.1, 0.15) is 0 Å². The quantitative estimate of drug-likeness (QED) is 0.222. The lowest BCUT2D eigenvalue weighted by molar-refractivity contribution is 0.0984. The van der Waals surface area contributed by atoms with Gasteiger partial charge < -0.3 is 0 Å². The maximum Gasteiger partial charge on any atom is 0.260 e. The Morgan fingerprint density at radius 1 is 0.951 bits per heavy atom. The molecule has 0 radical (unpaired) electrons. The first-order valence-electron chi connectivity index (χ1n) is 13.6. The van der Waals surface area contributed by atoms with E-state index in [0.29, 0.717) is 30.2 Å². The Morgan fingerprint density at radius 3 is 2.44 bits per heavy atom. The van der Waals surface area contributed by atoms with Crippen LogP contribution in [0.1, 0.15) is 52.5 Å². The standard InChI is InChI=1S/C32H30N4O3S2/c1-22(2)28-11-7-12-29-30(28)34-32(40-29)36(21-26-10-5-6-18-33-26)31(37)24-13-15-27(16-14-24)41(38,39)35-19-17-23-8-3-4-9-25(23)20-35/h3-16,18,22H,17,19-21H2,1-2H3. The van der Waals surface area contributed by atoms with Gasteiger partial charge in [-0.05, 0) is 71.5 Å². The number of thiazole rings is 1. The van der Waals surface area contributed by atoms with Crippen LogP contribution in [-0.4, -0.2) is 35.1 Å². The van der Waals surface area contributed by atoms with Crippen molar-refractivity contribution in [3.63, 3.8) is 0 Å². The van der Waals surface area contributed by atoms with E-state index in [1.165, 1.54) is 33.3 Å². The third-order valence-electron chi connectivity index (χ3n) is 7.42. The first kappa shape index (κ1) is 27.3. The maximum absolute atomic E-state index is 14.0. The third-order valence-corrected chi connectivity index (χ3v) is 10.3. The molecule has 1 amide bonds. The second kappa shape index (κ2) is 11.2. The third kappa shape index (κ3) is 5.40. The lowest BCUT2D eigenvalue weighted by Gasteiger charge is -2.28. The molecule has 3 aromatic carbocycles. The number of anilines is 1. The average Bonchev–Trinajstić information content (AvgIpc) is 3.44. The van der Waals surface area contributed by atoms with E-state index in [0.717, 1.165) is 27.0 Å². The van der Waals surface area contributed by atoms with E-state index in [1.54, 1.807) is 23.2 Å². The van der Waals surface area contributed by atoms with Gasteiger partial charge >= 0.3 is 0 Å². The van der Waals surface area contributed by atoms with Gasteiger partial charge in [0.05, 0.1) is 27.4 Å². The molecule has 0 saturated carbocycles. The van der Waals surface area contributed by atoms with Crippen LogP contribution in [0, 0.1) is 0 Å². The number of hydrogen-bond donors (Lipinski definition) is 0. The monoisotopic (exact) mass is 582 g/mol. The Bertz CT molecular complexity index is 1820. The molecule has 6 rings (SSSR count). The Kier molecular flexibility index (Phi) is 7.42. The van der Waals surface area contributed by atoms with Crippen molar-refractivity contribution >= 4 is 42.6 Å². The molecule has 0 N–H and O–H groups in total. The normalized spacial score (nSPS) is 13.8. The molecule has 41 heavy (non-hydrogen) atoms. The molecule has 0 saturated heterocycles. The molecule has 3 heterocycles. The smallest absolute Gasteiger partial charge is 0.260 e. The van der Waals surface area contributed by atoms with Gasteiger partial charge in [-0.3, -0.25) is 14.7 Å². The highest BCUT2D eigenvalue weighted by Gasteiger charge is 2.29. The second-order valence-corrected chi connectivity index (χ2v) is 13.4. The predicted octanol–water partition coefficient (Wildman–Crippen LogP) is 6.41. The van der Waals surface area contributed by atoms with Crippen LogP contribution in [0.3, 0.4) is 0 Å². The van der Waals surface area contributed by atoms with Crippen LogP contribution in [0.4, 0.5) is 5.13 Å². The van der Waals surface area contributed by atoms with Gasteiger partial charge in [-0.15, -0.1) is 0 Å². The summed E-state index contributed by atoms with van der Waals surface area (Å²) >= 11 is 1.46. The lowest BCUT2D eigenvalue weighted by atomic mass is 10.0. The maximum atomic E-state index is 14.0. The van der Waals surface area contributed by atoms with Gasteiger partial charge in [0.2, 0.25) is 10.0 Å². The zero-order chi connectivity index (χ0) is 28.6. The molecule has 0 fully saturated rings. The summed E-state index contributed by atoms with van der Waals surface area (Å²) in [5, 5.41) is 0.576. The molecule has 5 aromatic rings. The number of amides is 1. The molecule has 0 unspecified atom stereocenters. The Labute approximate surface area is 244 Å². The van der Waals surface area contributed by atoms with E-state index >= 15 is 0 Å². The summed E-state index contributed by atoms with van der Waals surface area (Å²) in [6, 6.07) is 25.9. The number of carbonyl (C=O) groups is 1. The fraction of sp³-hybridized carbons (Fsp3) is 0.219. The fourth-order valence-electron chi connectivity index (χ4n) is 5.17. The lowest BCUT2D eigenvalue weighted by Crippen LogP contribution is -2.36. The highest BCUT2D eigenvalue weighted by Crippen LogP contribution is 2.35. The number of benzene rings is 3. The minimum Gasteiger partial charge on any atom is -0.278 e. The van der Waals surface area contributed by atoms with Crippen molar-refractivity contribution in [3.05, 3.63) is 119 Å². The molecule has 0 bridgehead atoms. The van der Waals surface area contributed by atoms with E-state index in [9.17, 15) is 13.2 Å². The molecular formula is C32H30N4O3S2. The Morgan fingerprint density at radius 2 is 1.71 bits per heavy atom. The van der Waals surface area contributed by atoms with Crippen LogP contribution >= 0.6 is 11.3 Å². The number of pyridine rings is 1. The SMILES string of the molecule is CC(C)c1cccc2sc(N(Cc3ccccn3)C(=O)c3ccc(S(=O)(=O)N4CCc5ccccc5C4)cc3)nc12. The molecule has 1 aliphatic rings. The molecular weight excluding hydrogens is 553 g/mol. The van der Waals surface area contributed by atoms with E-state index < -0.39 is 10.0 Å². The summed E-state index contributed by atoms with van der Waals surface area (Å²) in [6.45, 7) is 5.26. The van der Waals surface area contributed by atoms with Crippen LogP contribution in [0.15, 0.2) is 96.0 Å². The van der Waals surface area contributed by atoms with E-state index in [4.69, 9.17) is 4.98 Å². The van der Waals surface area contributed by atoms with E-state index in [1.807, 2.05) is 54.6 Å². The van der Waals surface area contributed by atoms with Crippen LogP contribution in [0.25, 0.3) is 10.2 Å². The molecule has 1 aliphatic heterocycles. The summed E-state index contributed by atoms with van der Waals surface area (Å²) in [4.78, 5) is 25.1. The van der Waals surface area contributed by atoms with Crippen molar-refractivity contribution in [2.24, 2.45) is 0 Å². The number of nitrogens with zero attached hydrogens (tertiary/aromatic N) is 4. The van der Waals surface area contributed by atoms with Crippen molar-refractivity contribution in [3.8, 4) is 0 Å². The van der Waals surface area contributed by atoms with Crippen LogP contribution in [-0.2, 0) is 29.5 Å². The molecule has 2 aromatic heterocycles. The number of hydrogen-bond acceptors (Lipinski definition) is 6. The zero-order valence-corrected chi connectivity index (χ0v) is 24.5. The first-order valence-corrected chi connectivity index (χ1v) is 15.8. The number of aromatic nitrogens is 2. The molecule has 0 spiro atoms. The summed E-state index contributed by atoms with van der Waals surface area (Å²) in [7, 11) is -3.71. The van der Waals surface area contributed by atoms with Gasteiger partial charge in [-0.1, -0.05) is 67.6 Å². The van der Waals surface area contributed by atoms with Gasteiger partial charge in [0.25, 0.3) is 5.91 Å². The zero-order valence-electron chi connectivity index (χ0n) is 22.9. The molecule has 9 heteroatoms. The number of sulfonamides is 1. The fourth-order valence-corrected chi connectivity index (χ4v) is 7.59. The highest BCUT2D eigenvalue weighted by atomic mass is 32.2. The van der Waals surface area contributed by atoms with Gasteiger partial charge in [0.15, 0.2) is 5.13 Å². The summed E-state index contributed by atoms with van der Waals surface area (Å²) < 4.78 is 29.5. The number of para-hydroxylation sites is 1. The van der Waals surface area contributed by atoms with Crippen molar-refractivity contribution in [1.29, 1.82) is 0 Å². The number of carbonyl (C=O) groups excluding carboxylic acids is 1. The van der Waals surface area contributed by atoms with Crippen molar-refractivity contribution in [2.45, 2.75) is 44.2 Å². The van der Waals surface area contributed by atoms with Crippen molar-refractivity contribution in [1.82, 2.24) is 14.3 Å². The van der Waals surface area contributed by atoms with Crippen molar-refractivity contribution < 1.29 is 13.2 Å². The van der Waals surface area contributed by atoms with Crippen LogP contribution in [0.5, 0.6) is 0 Å². The predicted molar refractivity (Wildman–Crippen MR) is 163 cm³/mol. The van der Waals surface area contributed by atoms with Gasteiger partial charge in [0, 0.05) is 24.8 Å². The highest BCUT2D eigenvalue weighted by molar-refractivity contribution is 7.89. The van der Waals surface area contributed by atoms with E-state index in [2.05, 4.69) is 24.9 Å². The average molecular weight is 583 g/mol. The summed E-state index contributed by atoms with van der Waals surface area (Å²) in [5.41, 5.74) is 5.34. The Hall–Kier alpha value is -3.92. The van der Waals surface area contributed by atoms with Gasteiger partial charge in [-0.2, -0.15) is 4.31 Å². The van der Waals surface area contributed by atoms with Crippen LogP contribution < -0.4 is 4.90 Å². The summed E-state index contributed by atoms with van der Waals surface area (Å²) in [5.74, 6) is 0.0214. The molecule has 0 aliphatic carbocycles. The minimum absolute atomic E-state index is 0.172. The topological polar surface area (TPSA) is 83.5 Å². The van der Waals surface area contributed by atoms with Gasteiger partial charge in [-0.25, -0.2) is 13.4 Å².